The average Bonchev–Trinajstić information content (AvgIpc) is 2.41. The lowest BCUT2D eigenvalue weighted by atomic mass is 9.99. The van der Waals surface area contributed by atoms with E-state index < -0.39 is 0 Å². The van der Waals surface area contributed by atoms with Crippen LogP contribution >= 0.6 is 15.9 Å². The molecule has 106 valence electrons. The molecule has 2 N–H and O–H groups in total. The van der Waals surface area contributed by atoms with Gasteiger partial charge in [0, 0.05) is 4.47 Å². The minimum atomic E-state index is -0.382. The SMILES string of the molecule is CC1CC[NH+](C[C@@H](O)COc2ccc(Br)cc2)CC1. The van der Waals surface area contributed by atoms with Crippen LogP contribution in [-0.2, 0) is 0 Å². The van der Waals surface area contributed by atoms with E-state index in [0.29, 0.717) is 6.61 Å². The maximum Gasteiger partial charge on any atom is 0.137 e. The first-order valence-electron chi connectivity index (χ1n) is 7.03. The highest BCUT2D eigenvalue weighted by molar-refractivity contribution is 9.10. The molecular formula is C15H23BrNO2+. The van der Waals surface area contributed by atoms with Gasteiger partial charge in [-0.3, -0.25) is 0 Å². The Balaban J connectivity index is 1.69. The Morgan fingerprint density at radius 1 is 1.32 bits per heavy atom. The van der Waals surface area contributed by atoms with Gasteiger partial charge in [0.15, 0.2) is 0 Å². The molecule has 1 fully saturated rings. The zero-order valence-electron chi connectivity index (χ0n) is 11.4. The third kappa shape index (κ3) is 5.13. The summed E-state index contributed by atoms with van der Waals surface area (Å²) in [5.74, 6) is 1.66. The number of halogens is 1. The van der Waals surface area contributed by atoms with Gasteiger partial charge in [0.05, 0.1) is 13.1 Å². The lowest BCUT2D eigenvalue weighted by molar-refractivity contribution is -0.909. The molecule has 1 aromatic rings. The molecule has 1 aromatic carbocycles. The van der Waals surface area contributed by atoms with Crippen molar-refractivity contribution >= 4 is 15.9 Å². The molecule has 1 aliphatic heterocycles. The highest BCUT2D eigenvalue weighted by Gasteiger charge is 2.21. The van der Waals surface area contributed by atoms with E-state index in [2.05, 4.69) is 22.9 Å². The van der Waals surface area contributed by atoms with Crippen molar-refractivity contribution in [3.05, 3.63) is 28.7 Å². The Hall–Kier alpha value is -0.580. The van der Waals surface area contributed by atoms with Gasteiger partial charge >= 0.3 is 0 Å². The number of nitrogens with one attached hydrogen (secondary N) is 1. The fourth-order valence-corrected chi connectivity index (χ4v) is 2.75. The largest absolute Gasteiger partial charge is 0.491 e. The summed E-state index contributed by atoms with van der Waals surface area (Å²) in [6.07, 6.45) is 2.16. The molecule has 2 rings (SSSR count). The Morgan fingerprint density at radius 2 is 1.95 bits per heavy atom. The highest BCUT2D eigenvalue weighted by Crippen LogP contribution is 2.16. The van der Waals surface area contributed by atoms with Gasteiger partial charge in [-0.15, -0.1) is 0 Å². The second-order valence-electron chi connectivity index (χ2n) is 5.56. The molecule has 1 aliphatic rings. The predicted molar refractivity (Wildman–Crippen MR) is 79.6 cm³/mol. The molecular weight excluding hydrogens is 306 g/mol. The average molecular weight is 329 g/mol. The van der Waals surface area contributed by atoms with Gasteiger partial charge in [0.1, 0.15) is 25.0 Å². The maximum absolute atomic E-state index is 10.0. The fourth-order valence-electron chi connectivity index (χ4n) is 2.49. The molecule has 1 saturated heterocycles. The van der Waals surface area contributed by atoms with Gasteiger partial charge in [-0.05, 0) is 43.0 Å². The Morgan fingerprint density at radius 3 is 2.58 bits per heavy atom. The van der Waals surface area contributed by atoms with Crippen LogP contribution in [0.5, 0.6) is 5.75 Å². The highest BCUT2D eigenvalue weighted by atomic mass is 79.9. The van der Waals surface area contributed by atoms with Crippen LogP contribution in [-0.4, -0.2) is 37.5 Å². The smallest absolute Gasteiger partial charge is 0.137 e. The lowest BCUT2D eigenvalue weighted by Crippen LogP contribution is -3.14. The second-order valence-corrected chi connectivity index (χ2v) is 6.47. The number of hydrogen-bond donors (Lipinski definition) is 2. The number of likely N-dealkylation sites (tertiary alicyclic amines) is 1. The van der Waals surface area contributed by atoms with Gasteiger partial charge in [-0.25, -0.2) is 0 Å². The number of hydrogen-bond acceptors (Lipinski definition) is 2. The first-order chi connectivity index (χ1) is 9.13. The van der Waals surface area contributed by atoms with Crippen molar-refractivity contribution in [2.75, 3.05) is 26.2 Å². The van der Waals surface area contributed by atoms with Crippen molar-refractivity contribution in [1.82, 2.24) is 0 Å². The van der Waals surface area contributed by atoms with Crippen molar-refractivity contribution < 1.29 is 14.7 Å². The molecule has 4 heteroatoms. The lowest BCUT2D eigenvalue weighted by Gasteiger charge is -2.28. The van der Waals surface area contributed by atoms with Crippen molar-refractivity contribution in [2.24, 2.45) is 5.92 Å². The molecule has 0 aromatic heterocycles. The van der Waals surface area contributed by atoms with Gasteiger partial charge in [0.2, 0.25) is 0 Å². The van der Waals surface area contributed by atoms with E-state index in [9.17, 15) is 5.11 Å². The summed E-state index contributed by atoms with van der Waals surface area (Å²) < 4.78 is 6.64. The second kappa shape index (κ2) is 7.27. The van der Waals surface area contributed by atoms with Crippen molar-refractivity contribution in [1.29, 1.82) is 0 Å². The van der Waals surface area contributed by atoms with E-state index in [1.807, 2.05) is 24.3 Å². The quantitative estimate of drug-likeness (QED) is 0.859. The predicted octanol–water partition coefficient (Wildman–Crippen LogP) is 1.50. The van der Waals surface area contributed by atoms with Crippen molar-refractivity contribution in [3.63, 3.8) is 0 Å². The summed E-state index contributed by atoms with van der Waals surface area (Å²) in [6, 6.07) is 7.70. The molecule has 3 nitrogen and oxygen atoms in total. The molecule has 0 radical (unpaired) electrons. The summed E-state index contributed by atoms with van der Waals surface area (Å²) >= 11 is 3.39. The van der Waals surface area contributed by atoms with Gasteiger partial charge in [0.25, 0.3) is 0 Å². The van der Waals surface area contributed by atoms with E-state index in [4.69, 9.17) is 4.74 Å². The third-order valence-electron chi connectivity index (χ3n) is 3.76. The summed E-state index contributed by atoms with van der Waals surface area (Å²) in [4.78, 5) is 1.50. The molecule has 0 bridgehead atoms. The summed E-state index contributed by atoms with van der Waals surface area (Å²) in [5, 5.41) is 10.0. The number of piperidine rings is 1. The molecule has 1 atom stereocenters. The molecule has 0 spiro atoms. The van der Waals surface area contributed by atoms with Crippen molar-refractivity contribution in [3.8, 4) is 5.75 Å². The van der Waals surface area contributed by atoms with E-state index in [1.54, 1.807) is 0 Å². The standard InChI is InChI=1S/C15H22BrNO2/c1-12-6-8-17(9-7-12)10-14(18)11-19-15-4-2-13(16)3-5-15/h2-5,12,14,18H,6-11H2,1H3/p+1/t14-/m1/s1. The Kier molecular flexibility index (Phi) is 5.67. The van der Waals surface area contributed by atoms with E-state index in [1.165, 1.54) is 30.8 Å². The van der Waals surface area contributed by atoms with Gasteiger partial charge in [-0.1, -0.05) is 22.9 Å². The minimum absolute atomic E-state index is 0.376. The van der Waals surface area contributed by atoms with E-state index in [-0.39, 0.29) is 6.10 Å². The normalized spacial score (nSPS) is 25.0. The number of rotatable bonds is 5. The van der Waals surface area contributed by atoms with Crippen LogP contribution in [0.3, 0.4) is 0 Å². The monoisotopic (exact) mass is 328 g/mol. The van der Waals surface area contributed by atoms with Crippen LogP contribution in [0.25, 0.3) is 0 Å². The topological polar surface area (TPSA) is 33.9 Å². The zero-order chi connectivity index (χ0) is 13.7. The van der Waals surface area contributed by atoms with Gasteiger partial charge < -0.3 is 14.7 Å². The zero-order valence-corrected chi connectivity index (χ0v) is 13.0. The molecule has 0 aliphatic carbocycles. The molecule has 0 unspecified atom stereocenters. The number of aliphatic hydroxyl groups excluding tert-OH is 1. The molecule has 0 amide bonds. The van der Waals surface area contributed by atoms with Crippen LogP contribution in [0.15, 0.2) is 28.7 Å². The number of benzene rings is 1. The number of quaternary nitrogens is 1. The van der Waals surface area contributed by atoms with E-state index in [0.717, 1.165) is 22.7 Å². The first kappa shape index (κ1) is 14.8. The van der Waals surface area contributed by atoms with Crippen LogP contribution in [0, 0.1) is 5.92 Å². The van der Waals surface area contributed by atoms with Crippen LogP contribution in [0.1, 0.15) is 19.8 Å². The fraction of sp³-hybridized carbons (Fsp3) is 0.600. The van der Waals surface area contributed by atoms with Crippen molar-refractivity contribution in [2.45, 2.75) is 25.9 Å². The molecule has 19 heavy (non-hydrogen) atoms. The summed E-state index contributed by atoms with van der Waals surface area (Å²) in [5.41, 5.74) is 0. The van der Waals surface area contributed by atoms with Crippen LogP contribution in [0.2, 0.25) is 0 Å². The summed E-state index contributed by atoms with van der Waals surface area (Å²) in [7, 11) is 0. The molecule has 0 saturated carbocycles. The van der Waals surface area contributed by atoms with Crippen LogP contribution in [0.4, 0.5) is 0 Å². The first-order valence-corrected chi connectivity index (χ1v) is 7.83. The van der Waals surface area contributed by atoms with Crippen LogP contribution < -0.4 is 9.64 Å². The minimum Gasteiger partial charge on any atom is -0.491 e. The Bertz CT molecular complexity index is 374. The Labute approximate surface area is 123 Å². The number of ether oxygens (including phenoxy) is 1. The third-order valence-corrected chi connectivity index (χ3v) is 4.29. The maximum atomic E-state index is 10.0. The summed E-state index contributed by atoms with van der Waals surface area (Å²) in [6.45, 7) is 5.83. The number of aliphatic hydroxyl groups is 1. The molecule has 1 heterocycles. The van der Waals surface area contributed by atoms with Gasteiger partial charge in [-0.2, -0.15) is 0 Å². The van der Waals surface area contributed by atoms with E-state index >= 15 is 0 Å².